The van der Waals surface area contributed by atoms with Crippen LogP contribution < -0.4 is 0 Å². The molecule has 0 aliphatic carbocycles. The number of hydrogen-bond acceptors (Lipinski definition) is 5. The molecule has 0 spiro atoms. The third kappa shape index (κ3) is 3.12. The Morgan fingerprint density at radius 1 is 1.27 bits per heavy atom. The second kappa shape index (κ2) is 6.74. The van der Waals surface area contributed by atoms with Gasteiger partial charge in [-0.15, -0.1) is 0 Å². The van der Waals surface area contributed by atoms with Crippen molar-refractivity contribution in [3.8, 4) is 11.4 Å². The van der Waals surface area contributed by atoms with Crippen LogP contribution in [0.3, 0.4) is 0 Å². The van der Waals surface area contributed by atoms with E-state index in [2.05, 4.69) is 15.2 Å². The van der Waals surface area contributed by atoms with E-state index in [1.807, 2.05) is 55.1 Å². The van der Waals surface area contributed by atoms with E-state index in [0.717, 1.165) is 29.8 Å². The molecule has 0 saturated carbocycles. The minimum Gasteiger partial charge on any atom is -0.337 e. The first-order chi connectivity index (χ1) is 12.6. The fourth-order valence-corrected chi connectivity index (χ4v) is 3.45. The molecule has 0 unspecified atom stereocenters. The Hall–Kier alpha value is -2.96. The maximum atomic E-state index is 12.8. The molecular formula is C19H21N5O2. The van der Waals surface area contributed by atoms with E-state index in [-0.39, 0.29) is 18.5 Å². The van der Waals surface area contributed by atoms with Gasteiger partial charge in [0.1, 0.15) is 12.6 Å². The van der Waals surface area contributed by atoms with Gasteiger partial charge in [-0.2, -0.15) is 10.1 Å². The molecule has 0 N–H and O–H groups in total. The Labute approximate surface area is 151 Å². The molecule has 0 bridgehead atoms. The molecule has 1 atom stereocenters. The zero-order valence-corrected chi connectivity index (χ0v) is 14.9. The molecule has 1 aliphatic heterocycles. The van der Waals surface area contributed by atoms with Crippen LogP contribution in [0, 0.1) is 13.8 Å². The summed E-state index contributed by atoms with van der Waals surface area (Å²) in [6, 6.07) is 11.5. The first-order valence-corrected chi connectivity index (χ1v) is 8.81. The zero-order valence-electron chi connectivity index (χ0n) is 14.9. The summed E-state index contributed by atoms with van der Waals surface area (Å²) in [6.07, 6.45) is 1.76. The molecule has 134 valence electrons. The average molecular weight is 351 g/mol. The molecule has 1 amide bonds. The first kappa shape index (κ1) is 16.5. The summed E-state index contributed by atoms with van der Waals surface area (Å²) >= 11 is 0. The van der Waals surface area contributed by atoms with Crippen LogP contribution in [-0.2, 0) is 11.3 Å². The quantitative estimate of drug-likeness (QED) is 0.722. The van der Waals surface area contributed by atoms with Gasteiger partial charge in [-0.05, 0) is 32.8 Å². The second-order valence-electron chi connectivity index (χ2n) is 6.65. The molecule has 7 heteroatoms. The highest BCUT2D eigenvalue weighted by molar-refractivity contribution is 5.76. The number of carbonyl (C=O) groups excluding carboxylic acids is 1. The third-order valence-electron chi connectivity index (χ3n) is 4.72. The van der Waals surface area contributed by atoms with Crippen LogP contribution in [0.1, 0.15) is 36.2 Å². The highest BCUT2D eigenvalue weighted by Crippen LogP contribution is 2.32. The number of carbonyl (C=O) groups is 1. The summed E-state index contributed by atoms with van der Waals surface area (Å²) in [5.41, 5.74) is 2.80. The zero-order chi connectivity index (χ0) is 18.1. The Morgan fingerprint density at radius 3 is 2.81 bits per heavy atom. The van der Waals surface area contributed by atoms with Gasteiger partial charge in [0.15, 0.2) is 0 Å². The molecule has 1 fully saturated rings. The van der Waals surface area contributed by atoms with Crippen molar-refractivity contribution in [2.75, 3.05) is 6.54 Å². The number of aromatic nitrogens is 4. The molecule has 3 heterocycles. The summed E-state index contributed by atoms with van der Waals surface area (Å²) in [6.45, 7) is 4.82. The molecule has 0 radical (unpaired) electrons. The monoisotopic (exact) mass is 351 g/mol. The maximum Gasteiger partial charge on any atom is 0.249 e. The number of hydrogen-bond donors (Lipinski definition) is 0. The molecule has 1 saturated heterocycles. The number of likely N-dealkylation sites (tertiary alicyclic amines) is 1. The lowest BCUT2D eigenvalue weighted by atomic mass is 10.2. The van der Waals surface area contributed by atoms with E-state index in [4.69, 9.17) is 4.52 Å². The summed E-state index contributed by atoms with van der Waals surface area (Å²) < 4.78 is 7.23. The summed E-state index contributed by atoms with van der Waals surface area (Å²) in [7, 11) is 0. The van der Waals surface area contributed by atoms with Crippen LogP contribution in [0.25, 0.3) is 11.4 Å². The molecule has 1 aliphatic rings. The summed E-state index contributed by atoms with van der Waals surface area (Å²) in [4.78, 5) is 19.2. The molecule has 26 heavy (non-hydrogen) atoms. The minimum atomic E-state index is -0.163. The fourth-order valence-electron chi connectivity index (χ4n) is 3.45. The summed E-state index contributed by atoms with van der Waals surface area (Å²) in [5, 5.41) is 8.47. The maximum absolute atomic E-state index is 12.8. The first-order valence-electron chi connectivity index (χ1n) is 8.81. The van der Waals surface area contributed by atoms with Crippen LogP contribution in [0.15, 0.2) is 40.9 Å². The summed E-state index contributed by atoms with van der Waals surface area (Å²) in [5.74, 6) is 1.08. The number of rotatable bonds is 4. The number of benzene rings is 1. The van der Waals surface area contributed by atoms with Crippen LogP contribution in [-0.4, -0.2) is 37.3 Å². The van der Waals surface area contributed by atoms with Crippen molar-refractivity contribution in [3.63, 3.8) is 0 Å². The van der Waals surface area contributed by atoms with Crippen molar-refractivity contribution in [2.45, 2.75) is 39.3 Å². The van der Waals surface area contributed by atoms with Gasteiger partial charge < -0.3 is 9.42 Å². The van der Waals surface area contributed by atoms with E-state index in [1.165, 1.54) is 0 Å². The van der Waals surface area contributed by atoms with Gasteiger partial charge in [-0.3, -0.25) is 9.48 Å². The molecule has 2 aromatic heterocycles. The van der Waals surface area contributed by atoms with E-state index in [9.17, 15) is 4.79 Å². The van der Waals surface area contributed by atoms with E-state index < -0.39 is 0 Å². The standard InChI is InChI=1S/C19H21N5O2/c1-13-11-14(2)24(21-13)12-17(25)23-10-6-9-16(23)19-20-18(22-26-19)15-7-4-3-5-8-15/h3-5,7-8,11,16H,6,9-10,12H2,1-2H3/t16-/m0/s1. The predicted octanol–water partition coefficient (Wildman–Crippen LogP) is 2.91. The van der Waals surface area contributed by atoms with Crippen molar-refractivity contribution < 1.29 is 9.32 Å². The molecular weight excluding hydrogens is 330 g/mol. The average Bonchev–Trinajstić information content (AvgIpc) is 3.35. The normalized spacial score (nSPS) is 17.0. The van der Waals surface area contributed by atoms with Crippen molar-refractivity contribution in [1.29, 1.82) is 0 Å². The lowest BCUT2D eigenvalue weighted by molar-refractivity contribution is -0.133. The van der Waals surface area contributed by atoms with Gasteiger partial charge in [0.05, 0.1) is 5.69 Å². The van der Waals surface area contributed by atoms with Crippen LogP contribution >= 0.6 is 0 Å². The van der Waals surface area contributed by atoms with Crippen LogP contribution in [0.5, 0.6) is 0 Å². The second-order valence-corrected chi connectivity index (χ2v) is 6.65. The highest BCUT2D eigenvalue weighted by atomic mass is 16.5. The SMILES string of the molecule is Cc1cc(C)n(CC(=O)N2CCC[C@H]2c2nc(-c3ccccc3)no2)n1. The molecule has 1 aromatic carbocycles. The topological polar surface area (TPSA) is 77.0 Å². The lowest BCUT2D eigenvalue weighted by Crippen LogP contribution is -2.34. The Kier molecular flexibility index (Phi) is 4.28. The van der Waals surface area contributed by atoms with Crippen LogP contribution in [0.2, 0.25) is 0 Å². The number of nitrogens with zero attached hydrogens (tertiary/aromatic N) is 5. The molecule has 7 nitrogen and oxygen atoms in total. The van der Waals surface area contributed by atoms with Gasteiger partial charge in [-0.25, -0.2) is 0 Å². The Bertz CT molecular complexity index is 915. The van der Waals surface area contributed by atoms with E-state index >= 15 is 0 Å². The van der Waals surface area contributed by atoms with Gasteiger partial charge in [0.2, 0.25) is 17.6 Å². The van der Waals surface area contributed by atoms with Gasteiger partial charge in [0.25, 0.3) is 0 Å². The van der Waals surface area contributed by atoms with Crippen molar-refractivity contribution >= 4 is 5.91 Å². The van der Waals surface area contributed by atoms with E-state index in [1.54, 1.807) is 4.68 Å². The Morgan fingerprint density at radius 2 is 2.08 bits per heavy atom. The number of aryl methyl sites for hydroxylation is 2. The Balaban J connectivity index is 1.52. The molecule has 3 aromatic rings. The van der Waals surface area contributed by atoms with Gasteiger partial charge in [-0.1, -0.05) is 35.5 Å². The van der Waals surface area contributed by atoms with Crippen molar-refractivity contribution in [3.05, 3.63) is 53.7 Å². The number of amides is 1. The van der Waals surface area contributed by atoms with Crippen molar-refractivity contribution in [2.24, 2.45) is 0 Å². The van der Waals surface area contributed by atoms with Gasteiger partial charge >= 0.3 is 0 Å². The smallest absolute Gasteiger partial charge is 0.249 e. The van der Waals surface area contributed by atoms with E-state index in [0.29, 0.717) is 18.3 Å². The molecule has 4 rings (SSSR count). The fraction of sp³-hybridized carbons (Fsp3) is 0.368. The highest BCUT2D eigenvalue weighted by Gasteiger charge is 2.34. The van der Waals surface area contributed by atoms with Gasteiger partial charge in [0, 0.05) is 17.8 Å². The van der Waals surface area contributed by atoms with Crippen molar-refractivity contribution in [1.82, 2.24) is 24.8 Å². The minimum absolute atomic E-state index is 0.0261. The lowest BCUT2D eigenvalue weighted by Gasteiger charge is -2.22. The third-order valence-corrected chi connectivity index (χ3v) is 4.72. The largest absolute Gasteiger partial charge is 0.337 e. The van der Waals surface area contributed by atoms with Crippen LogP contribution in [0.4, 0.5) is 0 Å². The predicted molar refractivity (Wildman–Crippen MR) is 95.1 cm³/mol.